The maximum atomic E-state index is 12.4. The summed E-state index contributed by atoms with van der Waals surface area (Å²) in [4.78, 5) is 30.8. The number of hydrogen-bond acceptors (Lipinski definition) is 6. The number of anilines is 1. The molecule has 7 nitrogen and oxygen atoms in total. The van der Waals surface area contributed by atoms with E-state index in [2.05, 4.69) is 10.3 Å². The van der Waals surface area contributed by atoms with E-state index >= 15 is 0 Å². The van der Waals surface area contributed by atoms with E-state index in [4.69, 9.17) is 9.47 Å². The van der Waals surface area contributed by atoms with Crippen molar-refractivity contribution in [2.24, 2.45) is 0 Å². The van der Waals surface area contributed by atoms with Gasteiger partial charge in [0.1, 0.15) is 18.1 Å². The van der Waals surface area contributed by atoms with Crippen LogP contribution in [0.25, 0.3) is 4.96 Å². The number of benzene rings is 2. The Bertz CT molecular complexity index is 1270. The van der Waals surface area contributed by atoms with Crippen LogP contribution in [0.4, 0.5) is 5.69 Å². The number of rotatable bonds is 7. The molecule has 158 valence electrons. The Hall–Kier alpha value is -3.65. The molecule has 0 saturated heterocycles. The van der Waals surface area contributed by atoms with Gasteiger partial charge < -0.3 is 14.8 Å². The maximum absolute atomic E-state index is 12.4. The van der Waals surface area contributed by atoms with E-state index in [9.17, 15) is 9.59 Å². The van der Waals surface area contributed by atoms with Crippen molar-refractivity contribution < 1.29 is 14.3 Å². The van der Waals surface area contributed by atoms with Gasteiger partial charge in [0.05, 0.1) is 5.69 Å². The van der Waals surface area contributed by atoms with Crippen molar-refractivity contribution in [3.63, 3.8) is 0 Å². The maximum Gasteiger partial charge on any atom is 0.265 e. The van der Waals surface area contributed by atoms with Crippen LogP contribution in [-0.4, -0.2) is 21.4 Å². The number of carbonyl (C=O) groups excluding carboxylic acids is 1. The van der Waals surface area contributed by atoms with Crippen molar-refractivity contribution >= 4 is 27.9 Å². The summed E-state index contributed by atoms with van der Waals surface area (Å²) in [5.74, 6) is 0.913. The lowest BCUT2D eigenvalue weighted by molar-refractivity contribution is -0.122. The minimum Gasteiger partial charge on any atom is -0.487 e. The highest BCUT2D eigenvalue weighted by Crippen LogP contribution is 2.20. The molecule has 0 fully saturated rings. The second-order valence-corrected chi connectivity index (χ2v) is 8.17. The van der Waals surface area contributed by atoms with Gasteiger partial charge in [0.25, 0.3) is 11.5 Å². The van der Waals surface area contributed by atoms with E-state index in [1.165, 1.54) is 21.8 Å². The normalized spacial score (nSPS) is 11.8. The monoisotopic (exact) mass is 435 g/mol. The molecule has 1 atom stereocenters. The summed E-state index contributed by atoms with van der Waals surface area (Å²) in [7, 11) is 0. The van der Waals surface area contributed by atoms with Crippen molar-refractivity contribution in [3.05, 3.63) is 87.8 Å². The summed E-state index contributed by atoms with van der Waals surface area (Å²) in [6.07, 6.45) is 1.11. The minimum atomic E-state index is -0.662. The molecule has 4 rings (SSSR count). The van der Waals surface area contributed by atoms with Crippen LogP contribution in [0.1, 0.15) is 17.5 Å². The summed E-state index contributed by atoms with van der Waals surface area (Å²) in [5.41, 5.74) is 0.996. The lowest BCUT2D eigenvalue weighted by Gasteiger charge is -2.15. The minimum absolute atomic E-state index is 0.138. The number of hydrogen-bond donors (Lipinski definition) is 1. The standard InChI is InChI=1S/C23H21N3O4S/c1-15-13-26-21(27)12-18(25-23(26)31-15)14-29-20-10-6-7-17(11-20)24-22(28)16(2)30-19-8-4-3-5-9-19/h3-13,16H,14H2,1-2H3,(H,24,28). The second-order valence-electron chi connectivity index (χ2n) is 6.96. The molecule has 0 bridgehead atoms. The number of para-hydroxylation sites is 1. The first-order valence-corrected chi connectivity index (χ1v) is 10.5. The van der Waals surface area contributed by atoms with Gasteiger partial charge in [0.2, 0.25) is 0 Å². The van der Waals surface area contributed by atoms with Crippen molar-refractivity contribution in [1.82, 2.24) is 9.38 Å². The number of amides is 1. The van der Waals surface area contributed by atoms with Crippen LogP contribution in [0.15, 0.2) is 71.7 Å². The second kappa shape index (κ2) is 9.01. The fraction of sp³-hybridized carbons (Fsp3) is 0.174. The fourth-order valence-corrected chi connectivity index (χ4v) is 3.80. The highest BCUT2D eigenvalue weighted by molar-refractivity contribution is 7.16. The van der Waals surface area contributed by atoms with Crippen LogP contribution >= 0.6 is 11.3 Å². The SMILES string of the molecule is Cc1cn2c(=O)cc(COc3cccc(NC(=O)C(C)Oc4ccccc4)c3)nc2s1. The number of carbonyl (C=O) groups is 1. The third-order valence-electron chi connectivity index (χ3n) is 4.45. The average molecular weight is 436 g/mol. The van der Waals surface area contributed by atoms with E-state index in [0.717, 1.165) is 4.88 Å². The summed E-state index contributed by atoms with van der Waals surface area (Å²) < 4.78 is 13.0. The molecule has 0 saturated carbocycles. The molecule has 2 aromatic carbocycles. The van der Waals surface area contributed by atoms with E-state index in [-0.39, 0.29) is 18.1 Å². The van der Waals surface area contributed by atoms with Gasteiger partial charge in [-0.25, -0.2) is 4.98 Å². The molecular weight excluding hydrogens is 414 g/mol. The highest BCUT2D eigenvalue weighted by atomic mass is 32.1. The summed E-state index contributed by atoms with van der Waals surface area (Å²) >= 11 is 1.45. The van der Waals surface area contributed by atoms with Crippen molar-refractivity contribution in [3.8, 4) is 11.5 Å². The van der Waals surface area contributed by atoms with Gasteiger partial charge in [-0.1, -0.05) is 24.3 Å². The number of aryl methyl sites for hydroxylation is 1. The summed E-state index contributed by atoms with van der Waals surface area (Å²) in [6.45, 7) is 3.77. The Morgan fingerprint density at radius 1 is 1.13 bits per heavy atom. The highest BCUT2D eigenvalue weighted by Gasteiger charge is 2.15. The van der Waals surface area contributed by atoms with Crippen molar-refractivity contribution in [2.45, 2.75) is 26.6 Å². The lowest BCUT2D eigenvalue weighted by atomic mass is 10.2. The van der Waals surface area contributed by atoms with Crippen LogP contribution in [0, 0.1) is 6.92 Å². The Morgan fingerprint density at radius 2 is 1.90 bits per heavy atom. The molecule has 31 heavy (non-hydrogen) atoms. The first-order chi connectivity index (χ1) is 15.0. The van der Waals surface area contributed by atoms with E-state index < -0.39 is 6.10 Å². The molecule has 1 N–H and O–H groups in total. The van der Waals surface area contributed by atoms with Gasteiger partial charge in [0.15, 0.2) is 11.1 Å². The molecule has 8 heteroatoms. The van der Waals surface area contributed by atoms with Crippen LogP contribution in [0.3, 0.4) is 0 Å². The molecule has 0 spiro atoms. The molecule has 0 radical (unpaired) electrons. The van der Waals surface area contributed by atoms with Gasteiger partial charge in [-0.15, -0.1) is 11.3 Å². The summed E-state index contributed by atoms with van der Waals surface area (Å²) in [5, 5.41) is 2.83. The Labute approximate surface area is 182 Å². The first-order valence-electron chi connectivity index (χ1n) is 9.72. The fourth-order valence-electron chi connectivity index (χ4n) is 2.95. The van der Waals surface area contributed by atoms with E-state index in [1.54, 1.807) is 49.5 Å². The third kappa shape index (κ3) is 5.10. The molecule has 0 aliphatic rings. The number of thiazole rings is 1. The Balaban J connectivity index is 1.39. The van der Waals surface area contributed by atoms with Crippen LogP contribution in [-0.2, 0) is 11.4 Å². The zero-order valence-electron chi connectivity index (χ0n) is 17.1. The molecule has 2 aromatic heterocycles. The van der Waals surface area contributed by atoms with Gasteiger partial charge in [-0.3, -0.25) is 14.0 Å². The average Bonchev–Trinajstić information content (AvgIpc) is 3.14. The van der Waals surface area contributed by atoms with Gasteiger partial charge in [-0.2, -0.15) is 0 Å². The summed E-state index contributed by atoms with van der Waals surface area (Å²) in [6, 6.07) is 17.7. The van der Waals surface area contributed by atoms with Gasteiger partial charge in [-0.05, 0) is 38.1 Å². The molecule has 1 amide bonds. The number of nitrogens with zero attached hydrogens (tertiary/aromatic N) is 2. The van der Waals surface area contributed by atoms with Gasteiger partial charge >= 0.3 is 0 Å². The number of ether oxygens (including phenoxy) is 2. The molecule has 4 aromatic rings. The third-order valence-corrected chi connectivity index (χ3v) is 5.35. The number of aromatic nitrogens is 2. The number of fused-ring (bicyclic) bond motifs is 1. The van der Waals surface area contributed by atoms with Crippen molar-refractivity contribution in [2.75, 3.05) is 5.32 Å². The van der Waals surface area contributed by atoms with E-state index in [1.807, 2.05) is 25.1 Å². The molecule has 2 heterocycles. The van der Waals surface area contributed by atoms with Gasteiger partial charge in [0, 0.05) is 28.9 Å². The zero-order chi connectivity index (χ0) is 21.8. The van der Waals surface area contributed by atoms with Crippen molar-refractivity contribution in [1.29, 1.82) is 0 Å². The molecule has 0 aliphatic carbocycles. The largest absolute Gasteiger partial charge is 0.487 e. The predicted molar refractivity (Wildman–Crippen MR) is 120 cm³/mol. The van der Waals surface area contributed by atoms with Crippen LogP contribution in [0.2, 0.25) is 0 Å². The zero-order valence-corrected chi connectivity index (χ0v) is 17.9. The Morgan fingerprint density at radius 3 is 2.71 bits per heavy atom. The Kier molecular flexibility index (Phi) is 5.99. The van der Waals surface area contributed by atoms with Crippen LogP contribution < -0.4 is 20.3 Å². The first kappa shape index (κ1) is 20.6. The smallest absolute Gasteiger partial charge is 0.265 e. The van der Waals surface area contributed by atoms with Crippen LogP contribution in [0.5, 0.6) is 11.5 Å². The quantitative estimate of drug-likeness (QED) is 0.474. The molecule has 0 aliphatic heterocycles. The number of nitrogens with one attached hydrogen (secondary N) is 1. The lowest BCUT2D eigenvalue weighted by Crippen LogP contribution is -2.30. The predicted octanol–water partition coefficient (Wildman–Crippen LogP) is 4.05. The van der Waals surface area contributed by atoms with E-state index in [0.29, 0.717) is 27.8 Å². The molecular formula is C23H21N3O4S. The topological polar surface area (TPSA) is 81.9 Å². The molecule has 1 unspecified atom stereocenters.